The molecule has 4 nitrogen and oxygen atoms in total. The highest BCUT2D eigenvalue weighted by atomic mass is 16.5. The second kappa shape index (κ2) is 5.07. The number of ether oxygens (including phenoxy) is 1. The van der Waals surface area contributed by atoms with Gasteiger partial charge in [-0.1, -0.05) is 19.3 Å². The molecule has 17 heavy (non-hydrogen) atoms. The molecule has 1 saturated heterocycles. The first kappa shape index (κ1) is 12.4. The Labute approximate surface area is 102 Å². The lowest BCUT2D eigenvalue weighted by atomic mass is 9.93. The number of methoxy groups -OCH3 is 1. The van der Waals surface area contributed by atoms with Gasteiger partial charge in [0.1, 0.15) is 0 Å². The van der Waals surface area contributed by atoms with Gasteiger partial charge in [-0.15, -0.1) is 0 Å². The van der Waals surface area contributed by atoms with Crippen LogP contribution in [0.2, 0.25) is 0 Å². The minimum atomic E-state index is -0.269. The van der Waals surface area contributed by atoms with Crippen LogP contribution in [0.25, 0.3) is 0 Å². The second-order valence-electron chi connectivity index (χ2n) is 5.17. The van der Waals surface area contributed by atoms with Gasteiger partial charge < -0.3 is 9.64 Å². The smallest absolute Gasteiger partial charge is 0.311 e. The summed E-state index contributed by atoms with van der Waals surface area (Å²) in [4.78, 5) is 25.6. The Balaban J connectivity index is 2.07. The molecule has 0 aromatic heterocycles. The average molecular weight is 239 g/mol. The summed E-state index contributed by atoms with van der Waals surface area (Å²) < 4.78 is 4.77. The number of esters is 1. The SMILES string of the molecule is COC(=O)C1CC(=O)N(C2CCCCC2)C1C. The minimum Gasteiger partial charge on any atom is -0.469 e. The molecular weight excluding hydrogens is 218 g/mol. The number of hydrogen-bond acceptors (Lipinski definition) is 3. The Morgan fingerprint density at radius 3 is 2.53 bits per heavy atom. The Morgan fingerprint density at radius 2 is 1.94 bits per heavy atom. The topological polar surface area (TPSA) is 46.6 Å². The zero-order chi connectivity index (χ0) is 12.4. The van der Waals surface area contributed by atoms with E-state index in [4.69, 9.17) is 4.74 Å². The third-order valence-electron chi connectivity index (χ3n) is 4.18. The van der Waals surface area contributed by atoms with Crippen molar-refractivity contribution in [1.82, 2.24) is 4.90 Å². The van der Waals surface area contributed by atoms with Crippen LogP contribution in [0.1, 0.15) is 45.4 Å². The maximum Gasteiger partial charge on any atom is 0.311 e. The third-order valence-corrected chi connectivity index (χ3v) is 4.18. The number of nitrogens with zero attached hydrogens (tertiary/aromatic N) is 1. The van der Waals surface area contributed by atoms with E-state index in [9.17, 15) is 9.59 Å². The number of rotatable bonds is 2. The first-order valence-corrected chi connectivity index (χ1v) is 6.54. The van der Waals surface area contributed by atoms with E-state index in [0.29, 0.717) is 12.5 Å². The van der Waals surface area contributed by atoms with E-state index < -0.39 is 0 Å². The molecule has 2 unspecified atom stereocenters. The Kier molecular flexibility index (Phi) is 3.69. The van der Waals surface area contributed by atoms with Gasteiger partial charge in [-0.05, 0) is 19.8 Å². The first-order chi connectivity index (χ1) is 8.15. The van der Waals surface area contributed by atoms with Gasteiger partial charge in [-0.3, -0.25) is 9.59 Å². The highest BCUT2D eigenvalue weighted by molar-refractivity contribution is 5.87. The predicted octanol–water partition coefficient (Wildman–Crippen LogP) is 1.73. The molecule has 1 heterocycles. The summed E-state index contributed by atoms with van der Waals surface area (Å²) in [6, 6.07) is 0.346. The molecule has 0 spiro atoms. The summed E-state index contributed by atoms with van der Waals surface area (Å²) in [6.07, 6.45) is 6.17. The van der Waals surface area contributed by atoms with Crippen molar-refractivity contribution in [2.75, 3.05) is 7.11 Å². The van der Waals surface area contributed by atoms with Crippen molar-refractivity contribution in [2.24, 2.45) is 5.92 Å². The lowest BCUT2D eigenvalue weighted by Crippen LogP contribution is -2.43. The first-order valence-electron chi connectivity index (χ1n) is 6.54. The van der Waals surface area contributed by atoms with Gasteiger partial charge in [-0.25, -0.2) is 0 Å². The van der Waals surface area contributed by atoms with Crippen molar-refractivity contribution in [1.29, 1.82) is 0 Å². The Bertz CT molecular complexity index is 310. The second-order valence-corrected chi connectivity index (χ2v) is 5.17. The van der Waals surface area contributed by atoms with Gasteiger partial charge in [0.25, 0.3) is 0 Å². The summed E-state index contributed by atoms with van der Waals surface area (Å²) in [5.74, 6) is -0.390. The maximum atomic E-state index is 12.0. The molecule has 2 atom stereocenters. The molecule has 0 aromatic rings. The van der Waals surface area contributed by atoms with Crippen molar-refractivity contribution in [3.05, 3.63) is 0 Å². The van der Waals surface area contributed by atoms with E-state index in [1.807, 2.05) is 11.8 Å². The molecule has 2 fully saturated rings. The molecule has 2 rings (SSSR count). The van der Waals surface area contributed by atoms with E-state index in [2.05, 4.69) is 0 Å². The zero-order valence-corrected chi connectivity index (χ0v) is 10.6. The van der Waals surface area contributed by atoms with Crippen molar-refractivity contribution < 1.29 is 14.3 Å². The van der Waals surface area contributed by atoms with Crippen LogP contribution in [0.4, 0.5) is 0 Å². The maximum absolute atomic E-state index is 12.0. The molecule has 1 saturated carbocycles. The lowest BCUT2D eigenvalue weighted by molar-refractivity contribution is -0.146. The van der Waals surface area contributed by atoms with E-state index >= 15 is 0 Å². The van der Waals surface area contributed by atoms with Crippen LogP contribution in [0.5, 0.6) is 0 Å². The van der Waals surface area contributed by atoms with Gasteiger partial charge in [0.2, 0.25) is 5.91 Å². The van der Waals surface area contributed by atoms with Crippen LogP contribution >= 0.6 is 0 Å². The standard InChI is InChI=1S/C13H21NO3/c1-9-11(13(16)17-2)8-12(15)14(9)10-6-4-3-5-7-10/h9-11H,3-8H2,1-2H3. The Morgan fingerprint density at radius 1 is 1.29 bits per heavy atom. The normalized spacial score (nSPS) is 30.7. The monoisotopic (exact) mass is 239 g/mol. The fraction of sp³-hybridized carbons (Fsp3) is 0.846. The van der Waals surface area contributed by atoms with Crippen LogP contribution in [0, 0.1) is 5.92 Å². The van der Waals surface area contributed by atoms with Gasteiger partial charge in [0.15, 0.2) is 0 Å². The summed E-state index contributed by atoms with van der Waals surface area (Å²) in [5.41, 5.74) is 0. The fourth-order valence-electron chi connectivity index (χ4n) is 3.21. The third kappa shape index (κ3) is 2.31. The molecule has 2 aliphatic rings. The predicted molar refractivity (Wildman–Crippen MR) is 63.3 cm³/mol. The van der Waals surface area contributed by atoms with Gasteiger partial charge >= 0.3 is 5.97 Å². The number of amides is 1. The highest BCUT2D eigenvalue weighted by Gasteiger charge is 2.44. The summed E-state index contributed by atoms with van der Waals surface area (Å²) >= 11 is 0. The number of hydrogen-bond donors (Lipinski definition) is 0. The van der Waals surface area contributed by atoms with E-state index in [0.717, 1.165) is 12.8 Å². The molecule has 0 radical (unpaired) electrons. The van der Waals surface area contributed by atoms with Crippen LogP contribution in [0.3, 0.4) is 0 Å². The molecule has 1 amide bonds. The van der Waals surface area contributed by atoms with Gasteiger partial charge in [-0.2, -0.15) is 0 Å². The molecule has 0 N–H and O–H groups in total. The summed E-state index contributed by atoms with van der Waals surface area (Å²) in [5, 5.41) is 0. The number of likely N-dealkylation sites (tertiary alicyclic amines) is 1. The van der Waals surface area contributed by atoms with Crippen molar-refractivity contribution in [2.45, 2.75) is 57.5 Å². The molecule has 4 heteroatoms. The van der Waals surface area contributed by atoms with E-state index in [1.54, 1.807) is 0 Å². The van der Waals surface area contributed by atoms with Crippen LogP contribution in [0.15, 0.2) is 0 Å². The van der Waals surface area contributed by atoms with Crippen molar-refractivity contribution in [3.8, 4) is 0 Å². The fourth-order valence-corrected chi connectivity index (χ4v) is 3.21. The molecule has 1 aliphatic carbocycles. The van der Waals surface area contributed by atoms with Crippen molar-refractivity contribution >= 4 is 11.9 Å². The van der Waals surface area contributed by atoms with Crippen LogP contribution in [-0.2, 0) is 14.3 Å². The highest BCUT2D eigenvalue weighted by Crippen LogP contribution is 2.33. The lowest BCUT2D eigenvalue weighted by Gasteiger charge is -2.35. The van der Waals surface area contributed by atoms with Crippen LogP contribution in [-0.4, -0.2) is 36.0 Å². The molecule has 96 valence electrons. The van der Waals surface area contributed by atoms with Gasteiger partial charge in [0, 0.05) is 18.5 Å². The quantitative estimate of drug-likeness (QED) is 0.689. The Hall–Kier alpha value is -1.06. The van der Waals surface area contributed by atoms with Crippen LogP contribution < -0.4 is 0 Å². The summed E-state index contributed by atoms with van der Waals surface area (Å²) in [7, 11) is 1.39. The van der Waals surface area contributed by atoms with E-state index in [-0.39, 0.29) is 23.8 Å². The van der Waals surface area contributed by atoms with Gasteiger partial charge in [0.05, 0.1) is 13.0 Å². The van der Waals surface area contributed by atoms with E-state index in [1.165, 1.54) is 26.4 Å². The number of carbonyl (C=O) groups excluding carboxylic acids is 2. The largest absolute Gasteiger partial charge is 0.469 e. The number of carbonyl (C=O) groups is 2. The molecule has 0 bridgehead atoms. The van der Waals surface area contributed by atoms with Crippen molar-refractivity contribution in [3.63, 3.8) is 0 Å². The molecule has 0 aromatic carbocycles. The average Bonchev–Trinajstić information content (AvgIpc) is 2.65. The molecular formula is C13H21NO3. The summed E-state index contributed by atoms with van der Waals surface area (Å²) in [6.45, 7) is 1.97. The zero-order valence-electron chi connectivity index (χ0n) is 10.6. The molecule has 1 aliphatic heterocycles. The minimum absolute atomic E-state index is 0.00181.